The molecule has 5 rings (SSSR count). The van der Waals surface area contributed by atoms with E-state index in [0.29, 0.717) is 26.2 Å². The molecule has 254 valence electrons. The van der Waals surface area contributed by atoms with Crippen LogP contribution in [0.15, 0.2) is 42.5 Å². The number of unbranched alkanes of at least 4 members (excludes halogenated alkanes) is 1. The molecular weight excluding hydrogens is 598 g/mol. The number of carbonyl (C=O) groups excluding carboxylic acids is 3. The third-order valence-electron chi connectivity index (χ3n) is 9.60. The molecule has 1 N–H and O–H groups in total. The number of likely N-dealkylation sites (tertiary alicyclic amines) is 1. The second-order valence-corrected chi connectivity index (χ2v) is 14.2. The van der Waals surface area contributed by atoms with Crippen LogP contribution >= 0.6 is 0 Å². The van der Waals surface area contributed by atoms with Crippen molar-refractivity contribution in [3.8, 4) is 5.75 Å². The minimum absolute atomic E-state index is 0.0318. The van der Waals surface area contributed by atoms with Gasteiger partial charge < -0.3 is 24.1 Å². The lowest BCUT2D eigenvalue weighted by atomic mass is 9.83. The lowest BCUT2D eigenvalue weighted by Gasteiger charge is -2.34. The highest BCUT2D eigenvalue weighted by Crippen LogP contribution is 2.41. The summed E-state index contributed by atoms with van der Waals surface area (Å²) in [4.78, 5) is 59.5. The third kappa shape index (κ3) is 7.96. The van der Waals surface area contributed by atoms with Crippen molar-refractivity contribution < 1.29 is 33.5 Å². The summed E-state index contributed by atoms with van der Waals surface area (Å²) in [5.41, 5.74) is 3.94. The second-order valence-electron chi connectivity index (χ2n) is 14.2. The lowest BCUT2D eigenvalue weighted by molar-refractivity contribution is -0.884. The average molecular weight is 649 g/mol. The molecule has 0 saturated carbocycles. The first kappa shape index (κ1) is 34.4. The number of carbonyl (C=O) groups is 4. The summed E-state index contributed by atoms with van der Waals surface area (Å²) >= 11 is 0. The quantitative estimate of drug-likeness (QED) is 0.329. The van der Waals surface area contributed by atoms with Crippen molar-refractivity contribution in [1.82, 2.24) is 14.7 Å². The highest BCUT2D eigenvalue weighted by atomic mass is 16.5. The number of rotatable bonds is 13. The topological polar surface area (TPSA) is 111 Å². The zero-order valence-corrected chi connectivity index (χ0v) is 28.5. The number of ether oxygens (including phenoxy) is 1. The molecule has 3 unspecified atom stereocenters. The Balaban J connectivity index is 1.45. The molecule has 0 radical (unpaired) electrons. The molecule has 47 heavy (non-hydrogen) atoms. The Bertz CT molecular complexity index is 1490. The molecule has 11 nitrogen and oxygen atoms in total. The second kappa shape index (κ2) is 14.4. The largest absolute Gasteiger partial charge is 0.493 e. The van der Waals surface area contributed by atoms with Crippen molar-refractivity contribution >= 4 is 29.5 Å². The summed E-state index contributed by atoms with van der Waals surface area (Å²) in [6.07, 6.45) is 3.02. The third-order valence-corrected chi connectivity index (χ3v) is 9.60. The summed E-state index contributed by atoms with van der Waals surface area (Å²) in [7, 11) is 8.06. The SMILES string of the molecule is CCCCN(C(=O)CN1CC(c2ccc3c(c2)CCO3)C(C(=O)O)C1CCN1C(=O)CCN(C)C1=O)c1cccc(C[N+](C)(C)C)c1. The van der Waals surface area contributed by atoms with E-state index in [1.54, 1.807) is 7.05 Å². The van der Waals surface area contributed by atoms with Crippen LogP contribution in [-0.4, -0.2) is 122 Å². The summed E-state index contributed by atoms with van der Waals surface area (Å²) in [5, 5.41) is 10.7. The fraction of sp³-hybridized carbons (Fsp3) is 0.556. The summed E-state index contributed by atoms with van der Waals surface area (Å²) in [5.74, 6) is -1.67. The molecule has 11 heteroatoms. The first-order valence-electron chi connectivity index (χ1n) is 16.8. The number of anilines is 1. The minimum Gasteiger partial charge on any atom is -0.493 e. The molecule has 4 amide bonds. The zero-order chi connectivity index (χ0) is 33.9. The van der Waals surface area contributed by atoms with Crippen LogP contribution in [0.1, 0.15) is 55.2 Å². The van der Waals surface area contributed by atoms with Gasteiger partial charge in [0.05, 0.1) is 40.2 Å². The van der Waals surface area contributed by atoms with Gasteiger partial charge in [-0.05, 0) is 42.2 Å². The normalized spacial score (nSPS) is 21.6. The number of urea groups is 1. The van der Waals surface area contributed by atoms with Crippen LogP contribution in [0.25, 0.3) is 0 Å². The predicted molar refractivity (Wildman–Crippen MR) is 179 cm³/mol. The Kier molecular flexibility index (Phi) is 10.6. The first-order chi connectivity index (χ1) is 22.4. The molecule has 3 aliphatic heterocycles. The Labute approximate surface area is 278 Å². The van der Waals surface area contributed by atoms with Gasteiger partial charge in [0.25, 0.3) is 0 Å². The number of imide groups is 1. The summed E-state index contributed by atoms with van der Waals surface area (Å²) < 4.78 is 6.46. The number of quaternary nitrogens is 1. The number of nitrogens with zero attached hydrogens (tertiary/aromatic N) is 5. The molecule has 3 atom stereocenters. The van der Waals surface area contributed by atoms with Crippen LogP contribution in [0.4, 0.5) is 10.5 Å². The van der Waals surface area contributed by atoms with Crippen LogP contribution in [-0.2, 0) is 27.3 Å². The fourth-order valence-electron chi connectivity index (χ4n) is 7.26. The molecule has 2 aromatic rings. The standard InChI is InChI=1S/C36H49N5O6/c1-6-7-16-39(28-10-8-9-25(20-28)24-41(3,4)5)33(43)23-38-22-29(26-11-12-31-27(21-26)15-19-47-31)34(35(44)45)30(38)13-18-40-32(42)14-17-37(2)36(40)46/h8-12,20-21,29-30,34H,6-7,13-19,22-24H2,1-5H3/p+1. The number of fused-ring (bicyclic) bond motifs is 1. The van der Waals surface area contributed by atoms with Gasteiger partial charge in [-0.3, -0.25) is 24.2 Å². The van der Waals surface area contributed by atoms with Crippen molar-refractivity contribution in [2.24, 2.45) is 5.92 Å². The number of carboxylic acid groups (broad SMARTS) is 1. The molecule has 3 heterocycles. The van der Waals surface area contributed by atoms with E-state index in [4.69, 9.17) is 4.74 Å². The number of carboxylic acids is 1. The van der Waals surface area contributed by atoms with Gasteiger partial charge in [0.1, 0.15) is 12.3 Å². The van der Waals surface area contributed by atoms with Gasteiger partial charge in [-0.2, -0.15) is 0 Å². The van der Waals surface area contributed by atoms with Gasteiger partial charge in [0.2, 0.25) is 11.8 Å². The summed E-state index contributed by atoms with van der Waals surface area (Å²) in [6.45, 7) is 4.93. The Hall–Kier alpha value is -3.96. The monoisotopic (exact) mass is 648 g/mol. The van der Waals surface area contributed by atoms with E-state index < -0.39 is 17.9 Å². The minimum atomic E-state index is -0.948. The van der Waals surface area contributed by atoms with Crippen LogP contribution in [0.2, 0.25) is 0 Å². The van der Waals surface area contributed by atoms with Gasteiger partial charge >= 0.3 is 12.0 Å². The predicted octanol–water partition coefficient (Wildman–Crippen LogP) is 3.80. The van der Waals surface area contributed by atoms with E-state index in [1.165, 1.54) is 9.80 Å². The van der Waals surface area contributed by atoms with E-state index in [2.05, 4.69) is 40.2 Å². The molecule has 2 saturated heterocycles. The molecule has 0 aliphatic carbocycles. The lowest BCUT2D eigenvalue weighted by Crippen LogP contribution is -2.52. The van der Waals surface area contributed by atoms with Gasteiger partial charge in [-0.15, -0.1) is 0 Å². The van der Waals surface area contributed by atoms with E-state index >= 15 is 0 Å². The van der Waals surface area contributed by atoms with Gasteiger partial charge in [-0.25, -0.2) is 4.79 Å². The smallest absolute Gasteiger partial charge is 0.326 e. The van der Waals surface area contributed by atoms with Gasteiger partial charge in [-0.1, -0.05) is 37.6 Å². The van der Waals surface area contributed by atoms with Crippen molar-refractivity contribution in [3.63, 3.8) is 0 Å². The van der Waals surface area contributed by atoms with E-state index in [0.717, 1.165) is 58.4 Å². The molecule has 2 fully saturated rings. The fourth-order valence-corrected chi connectivity index (χ4v) is 7.26. The van der Waals surface area contributed by atoms with Gasteiger partial charge in [0, 0.05) is 69.3 Å². The number of hydrogen-bond donors (Lipinski definition) is 1. The molecule has 0 aromatic heterocycles. The molecule has 0 spiro atoms. The molecule has 3 aliphatic rings. The maximum absolute atomic E-state index is 14.3. The maximum atomic E-state index is 14.3. The molecular formula is C36H50N5O6+. The van der Waals surface area contributed by atoms with Gasteiger partial charge in [0.15, 0.2) is 0 Å². The number of benzene rings is 2. The van der Waals surface area contributed by atoms with Crippen LogP contribution in [0.3, 0.4) is 0 Å². The average Bonchev–Trinajstić information content (AvgIpc) is 3.63. The van der Waals surface area contributed by atoms with Crippen LogP contribution in [0, 0.1) is 5.92 Å². The van der Waals surface area contributed by atoms with Crippen molar-refractivity contribution in [3.05, 3.63) is 59.2 Å². The highest BCUT2D eigenvalue weighted by molar-refractivity contribution is 5.97. The maximum Gasteiger partial charge on any atom is 0.326 e. The summed E-state index contributed by atoms with van der Waals surface area (Å²) in [6, 6.07) is 13.1. The van der Waals surface area contributed by atoms with E-state index in [1.807, 2.05) is 40.1 Å². The molecule has 2 aromatic carbocycles. The molecule has 0 bridgehead atoms. The highest BCUT2D eigenvalue weighted by Gasteiger charge is 2.48. The van der Waals surface area contributed by atoms with Crippen molar-refractivity contribution in [2.75, 3.05) is 72.4 Å². The zero-order valence-electron chi connectivity index (χ0n) is 28.5. The van der Waals surface area contributed by atoms with Crippen molar-refractivity contribution in [1.29, 1.82) is 0 Å². The Morgan fingerprint density at radius 3 is 2.60 bits per heavy atom. The van der Waals surface area contributed by atoms with Crippen LogP contribution < -0.4 is 9.64 Å². The Morgan fingerprint density at radius 2 is 1.87 bits per heavy atom. The van der Waals surface area contributed by atoms with Crippen LogP contribution in [0.5, 0.6) is 5.75 Å². The Morgan fingerprint density at radius 1 is 1.09 bits per heavy atom. The number of hydrogen-bond acceptors (Lipinski definition) is 6. The van der Waals surface area contributed by atoms with E-state index in [9.17, 15) is 24.3 Å². The van der Waals surface area contributed by atoms with Crippen molar-refractivity contribution in [2.45, 2.75) is 57.5 Å². The van der Waals surface area contributed by atoms with E-state index in [-0.39, 0.29) is 49.7 Å². The first-order valence-corrected chi connectivity index (χ1v) is 16.8. The number of aliphatic carboxylic acids is 1. The number of amides is 4.